The van der Waals surface area contributed by atoms with Gasteiger partial charge in [0, 0.05) is 0 Å². The molecule has 0 fully saturated rings. The molecule has 1 unspecified atom stereocenters. The lowest BCUT2D eigenvalue weighted by Crippen LogP contribution is -2.13. The highest BCUT2D eigenvalue weighted by Gasteiger charge is 2.30. The first-order valence-electron chi connectivity index (χ1n) is 7.59. The van der Waals surface area contributed by atoms with Gasteiger partial charge in [-0.25, -0.2) is 15.0 Å². The molecule has 2 N–H and O–H groups in total. The standard InChI is InChI=1S/C17H13N7/c1-2-4-11(5-3-1)15-14-16(13-8-18-9-21-13)24-10-19-6-12(24)7-20-17(14)23-22-15/h1-10,16H,(H,18,21)(H,22,23). The Labute approximate surface area is 137 Å². The van der Waals surface area contributed by atoms with Crippen LogP contribution in [0.2, 0.25) is 0 Å². The van der Waals surface area contributed by atoms with E-state index in [1.165, 1.54) is 0 Å². The number of rotatable bonds is 2. The van der Waals surface area contributed by atoms with Crippen LogP contribution in [0.5, 0.6) is 0 Å². The van der Waals surface area contributed by atoms with E-state index in [2.05, 4.69) is 46.8 Å². The number of aromatic amines is 2. The summed E-state index contributed by atoms with van der Waals surface area (Å²) >= 11 is 0. The highest BCUT2D eigenvalue weighted by molar-refractivity contribution is 5.83. The van der Waals surface area contributed by atoms with Crippen molar-refractivity contribution in [2.24, 2.45) is 4.99 Å². The Morgan fingerprint density at radius 3 is 2.79 bits per heavy atom. The number of nitrogens with zero attached hydrogens (tertiary/aromatic N) is 5. The molecule has 24 heavy (non-hydrogen) atoms. The van der Waals surface area contributed by atoms with Gasteiger partial charge in [-0.2, -0.15) is 5.10 Å². The SMILES string of the molecule is C1=Nc2n[nH]c(-c3ccccc3)c2C(c2cnc[nH]2)n2cncc21. The van der Waals surface area contributed by atoms with Gasteiger partial charge in [0.1, 0.15) is 6.04 Å². The first kappa shape index (κ1) is 13.0. The van der Waals surface area contributed by atoms with Crippen molar-refractivity contribution in [3.05, 3.63) is 72.3 Å². The minimum atomic E-state index is -0.128. The lowest BCUT2D eigenvalue weighted by molar-refractivity contribution is 0.663. The van der Waals surface area contributed by atoms with E-state index in [1.807, 2.05) is 30.7 Å². The number of fused-ring (bicyclic) bond motifs is 2. The van der Waals surface area contributed by atoms with Gasteiger partial charge < -0.3 is 9.55 Å². The number of aliphatic imine (C=N–C) groups is 1. The summed E-state index contributed by atoms with van der Waals surface area (Å²) in [7, 11) is 0. The van der Waals surface area contributed by atoms with Crippen LogP contribution in [0.3, 0.4) is 0 Å². The third kappa shape index (κ3) is 1.84. The molecule has 1 aromatic carbocycles. The number of hydrogen-bond donors (Lipinski definition) is 2. The van der Waals surface area contributed by atoms with E-state index in [4.69, 9.17) is 0 Å². The van der Waals surface area contributed by atoms with Crippen molar-refractivity contribution < 1.29 is 0 Å². The highest BCUT2D eigenvalue weighted by atomic mass is 15.2. The number of nitrogens with one attached hydrogen (secondary N) is 2. The third-order valence-electron chi connectivity index (χ3n) is 4.23. The number of H-pyrrole nitrogens is 2. The first-order chi connectivity index (χ1) is 11.9. The average molecular weight is 315 g/mol. The summed E-state index contributed by atoms with van der Waals surface area (Å²) in [5, 5.41) is 7.57. The summed E-state index contributed by atoms with van der Waals surface area (Å²) < 4.78 is 2.07. The molecular weight excluding hydrogens is 302 g/mol. The second-order valence-electron chi connectivity index (χ2n) is 5.60. The predicted molar refractivity (Wildman–Crippen MR) is 89.3 cm³/mol. The van der Waals surface area contributed by atoms with Crippen molar-refractivity contribution in [3.8, 4) is 11.3 Å². The zero-order valence-corrected chi connectivity index (χ0v) is 12.6. The molecule has 7 heteroatoms. The maximum Gasteiger partial charge on any atom is 0.180 e. The van der Waals surface area contributed by atoms with Crippen LogP contribution in [0.1, 0.15) is 23.0 Å². The molecule has 0 aliphatic carbocycles. The summed E-state index contributed by atoms with van der Waals surface area (Å²) in [5.74, 6) is 0.678. The normalized spacial score (nSPS) is 15.8. The fraction of sp³-hybridized carbons (Fsp3) is 0.0588. The average Bonchev–Trinajstić information content (AvgIpc) is 3.36. The van der Waals surface area contributed by atoms with E-state index in [-0.39, 0.29) is 6.04 Å². The van der Waals surface area contributed by atoms with Crippen LogP contribution in [0.25, 0.3) is 11.3 Å². The van der Waals surface area contributed by atoms with Gasteiger partial charge in [-0.3, -0.25) is 5.10 Å². The number of aromatic nitrogens is 6. The summed E-state index contributed by atoms with van der Waals surface area (Å²) in [6, 6.07) is 10.0. The van der Waals surface area contributed by atoms with E-state index in [0.29, 0.717) is 5.82 Å². The molecule has 7 nitrogen and oxygen atoms in total. The lowest BCUT2D eigenvalue weighted by Gasteiger charge is -2.18. The second-order valence-corrected chi connectivity index (χ2v) is 5.60. The summed E-state index contributed by atoms with van der Waals surface area (Å²) in [6.07, 6.45) is 8.90. The molecule has 1 aliphatic heterocycles. The van der Waals surface area contributed by atoms with Gasteiger partial charge in [0.15, 0.2) is 5.82 Å². The Hall–Kier alpha value is -3.48. The van der Waals surface area contributed by atoms with E-state index >= 15 is 0 Å². The molecule has 3 aromatic heterocycles. The summed E-state index contributed by atoms with van der Waals surface area (Å²) in [5.41, 5.74) is 4.89. The largest absolute Gasteiger partial charge is 0.346 e. The van der Waals surface area contributed by atoms with Gasteiger partial charge in [0.2, 0.25) is 0 Å². The van der Waals surface area contributed by atoms with Crippen LogP contribution >= 0.6 is 0 Å². The quantitative estimate of drug-likeness (QED) is 0.525. The second kappa shape index (κ2) is 5.02. The molecule has 4 aromatic rings. The van der Waals surface area contributed by atoms with Crippen LogP contribution in [-0.4, -0.2) is 35.9 Å². The smallest absolute Gasteiger partial charge is 0.180 e. The molecule has 116 valence electrons. The predicted octanol–water partition coefficient (Wildman–Crippen LogP) is 2.70. The van der Waals surface area contributed by atoms with Gasteiger partial charge in [0.05, 0.1) is 53.9 Å². The third-order valence-corrected chi connectivity index (χ3v) is 4.23. The van der Waals surface area contributed by atoms with Crippen molar-refractivity contribution in [1.82, 2.24) is 29.7 Å². The maximum absolute atomic E-state index is 4.54. The van der Waals surface area contributed by atoms with E-state index in [1.54, 1.807) is 18.7 Å². The minimum Gasteiger partial charge on any atom is -0.346 e. The van der Waals surface area contributed by atoms with Gasteiger partial charge >= 0.3 is 0 Å². The van der Waals surface area contributed by atoms with Crippen molar-refractivity contribution >= 4 is 12.0 Å². The van der Waals surface area contributed by atoms with Gasteiger partial charge in [-0.05, 0) is 5.56 Å². The van der Waals surface area contributed by atoms with Crippen molar-refractivity contribution in [1.29, 1.82) is 0 Å². The Bertz CT molecular complexity index is 1010. The van der Waals surface area contributed by atoms with Crippen LogP contribution in [0.4, 0.5) is 5.82 Å². The highest BCUT2D eigenvalue weighted by Crippen LogP contribution is 2.40. The van der Waals surface area contributed by atoms with Gasteiger partial charge in [0.25, 0.3) is 0 Å². The van der Waals surface area contributed by atoms with Gasteiger partial charge in [-0.1, -0.05) is 30.3 Å². The molecule has 1 atom stereocenters. The Morgan fingerprint density at radius 2 is 1.96 bits per heavy atom. The molecule has 0 saturated heterocycles. The molecule has 5 rings (SSSR count). The van der Waals surface area contributed by atoms with Crippen molar-refractivity contribution in [3.63, 3.8) is 0 Å². The van der Waals surface area contributed by atoms with Crippen LogP contribution in [-0.2, 0) is 0 Å². The Morgan fingerprint density at radius 1 is 1.04 bits per heavy atom. The first-order valence-corrected chi connectivity index (χ1v) is 7.59. The zero-order chi connectivity index (χ0) is 15.9. The molecular formula is C17H13N7. The summed E-state index contributed by atoms with van der Waals surface area (Å²) in [6.45, 7) is 0. The van der Waals surface area contributed by atoms with Crippen LogP contribution < -0.4 is 0 Å². The van der Waals surface area contributed by atoms with Crippen molar-refractivity contribution in [2.75, 3.05) is 0 Å². The van der Waals surface area contributed by atoms with Crippen LogP contribution in [0, 0.1) is 0 Å². The topological polar surface area (TPSA) is 87.5 Å². The lowest BCUT2D eigenvalue weighted by atomic mass is 9.99. The fourth-order valence-electron chi connectivity index (χ4n) is 3.14. The summed E-state index contributed by atoms with van der Waals surface area (Å²) in [4.78, 5) is 16.2. The maximum atomic E-state index is 4.54. The monoisotopic (exact) mass is 315 g/mol. The molecule has 4 heterocycles. The van der Waals surface area contributed by atoms with Crippen LogP contribution in [0.15, 0.2) is 60.4 Å². The Kier molecular flexibility index (Phi) is 2.72. The molecule has 1 aliphatic rings. The fourth-order valence-corrected chi connectivity index (χ4v) is 3.14. The zero-order valence-electron chi connectivity index (χ0n) is 12.6. The number of benzene rings is 1. The van der Waals surface area contributed by atoms with Crippen molar-refractivity contribution in [2.45, 2.75) is 6.04 Å². The van der Waals surface area contributed by atoms with E-state index in [9.17, 15) is 0 Å². The number of hydrogen-bond acceptors (Lipinski definition) is 4. The molecule has 0 radical (unpaired) electrons. The van der Waals surface area contributed by atoms with E-state index in [0.717, 1.165) is 28.2 Å². The molecule has 0 bridgehead atoms. The molecule has 0 amide bonds. The molecule has 0 spiro atoms. The van der Waals surface area contributed by atoms with E-state index < -0.39 is 0 Å². The van der Waals surface area contributed by atoms with Gasteiger partial charge in [-0.15, -0.1) is 0 Å². The minimum absolute atomic E-state index is 0.128. The molecule has 0 saturated carbocycles. The number of imidazole rings is 2. The Balaban J connectivity index is 1.80.